The first kappa shape index (κ1) is 12.6. The molecule has 1 aromatic carbocycles. The number of benzene rings is 1. The highest BCUT2D eigenvalue weighted by Gasteiger charge is 1.93. The minimum Gasteiger partial charge on any atom is -0.492 e. The van der Waals surface area contributed by atoms with E-state index in [1.807, 2.05) is 31.2 Å². The fourth-order valence-electron chi connectivity index (χ4n) is 1.39. The van der Waals surface area contributed by atoms with Crippen molar-refractivity contribution in [3.63, 3.8) is 0 Å². The molecule has 0 aliphatic heterocycles. The zero-order valence-electron chi connectivity index (χ0n) is 10.1. The van der Waals surface area contributed by atoms with Crippen LogP contribution in [0.5, 0.6) is 5.75 Å². The van der Waals surface area contributed by atoms with Crippen LogP contribution in [0.1, 0.15) is 25.3 Å². The van der Waals surface area contributed by atoms with Gasteiger partial charge in [-0.05, 0) is 31.0 Å². The molecule has 1 rings (SSSR count). The summed E-state index contributed by atoms with van der Waals surface area (Å²) < 4.78 is 5.55. The number of aryl methyl sites for hydroxylation is 1. The molecule has 0 aliphatic carbocycles. The molecule has 88 valence electrons. The number of rotatable bonds is 6. The monoisotopic (exact) mass is 220 g/mol. The van der Waals surface area contributed by atoms with Gasteiger partial charge in [0.25, 0.3) is 0 Å². The zero-order valence-corrected chi connectivity index (χ0v) is 10.1. The van der Waals surface area contributed by atoms with Crippen LogP contribution >= 0.6 is 0 Å². The Morgan fingerprint density at radius 3 is 2.94 bits per heavy atom. The van der Waals surface area contributed by atoms with Gasteiger partial charge >= 0.3 is 0 Å². The van der Waals surface area contributed by atoms with E-state index in [1.165, 1.54) is 5.56 Å². The predicted octanol–water partition coefficient (Wildman–Crippen LogP) is 2.53. The summed E-state index contributed by atoms with van der Waals surface area (Å²) in [6.07, 6.45) is 1.90. The second-order valence-corrected chi connectivity index (χ2v) is 3.79. The average molecular weight is 220 g/mol. The van der Waals surface area contributed by atoms with Crippen molar-refractivity contribution in [2.24, 2.45) is 10.7 Å². The third kappa shape index (κ3) is 4.82. The lowest BCUT2D eigenvalue weighted by Gasteiger charge is -2.05. The summed E-state index contributed by atoms with van der Waals surface area (Å²) in [5.74, 6) is 1.61. The lowest BCUT2D eigenvalue weighted by molar-refractivity contribution is 0.328. The Balaban J connectivity index is 2.28. The summed E-state index contributed by atoms with van der Waals surface area (Å²) in [6.45, 7) is 5.34. The average Bonchev–Trinajstić information content (AvgIpc) is 2.25. The maximum absolute atomic E-state index is 5.68. The van der Waals surface area contributed by atoms with Crippen molar-refractivity contribution in [1.82, 2.24) is 0 Å². The van der Waals surface area contributed by atoms with Crippen LogP contribution < -0.4 is 10.5 Å². The molecular formula is C13H20N2O. The predicted molar refractivity (Wildman–Crippen MR) is 68.1 cm³/mol. The van der Waals surface area contributed by atoms with Crippen molar-refractivity contribution in [3.05, 3.63) is 29.8 Å². The SMILES string of the molecule is CCCC(N)=NCCOc1cccc(C)c1. The maximum Gasteiger partial charge on any atom is 0.119 e. The number of amidine groups is 1. The molecule has 16 heavy (non-hydrogen) atoms. The molecule has 0 fully saturated rings. The normalized spacial score (nSPS) is 11.5. The maximum atomic E-state index is 5.68. The van der Waals surface area contributed by atoms with Crippen molar-refractivity contribution in [2.75, 3.05) is 13.2 Å². The number of nitrogens with two attached hydrogens (primary N) is 1. The Kier molecular flexibility index (Phi) is 5.40. The molecule has 3 heteroatoms. The summed E-state index contributed by atoms with van der Waals surface area (Å²) in [5.41, 5.74) is 6.88. The van der Waals surface area contributed by atoms with Gasteiger partial charge in [0.2, 0.25) is 0 Å². The van der Waals surface area contributed by atoms with Gasteiger partial charge in [0, 0.05) is 6.42 Å². The topological polar surface area (TPSA) is 47.6 Å². The standard InChI is InChI=1S/C13H20N2O/c1-3-5-13(14)15-8-9-16-12-7-4-6-11(2)10-12/h4,6-7,10H,3,5,8-9H2,1-2H3,(H2,14,15). The van der Waals surface area contributed by atoms with Gasteiger partial charge in [-0.15, -0.1) is 0 Å². The van der Waals surface area contributed by atoms with E-state index < -0.39 is 0 Å². The third-order valence-corrected chi connectivity index (χ3v) is 2.17. The van der Waals surface area contributed by atoms with E-state index >= 15 is 0 Å². The highest BCUT2D eigenvalue weighted by molar-refractivity contribution is 5.80. The molecule has 1 aromatic rings. The van der Waals surface area contributed by atoms with Crippen molar-refractivity contribution in [1.29, 1.82) is 0 Å². The Hall–Kier alpha value is -1.51. The van der Waals surface area contributed by atoms with Crippen molar-refractivity contribution in [2.45, 2.75) is 26.7 Å². The van der Waals surface area contributed by atoms with E-state index in [9.17, 15) is 0 Å². The van der Waals surface area contributed by atoms with Gasteiger partial charge in [-0.3, -0.25) is 4.99 Å². The van der Waals surface area contributed by atoms with Gasteiger partial charge in [-0.1, -0.05) is 19.1 Å². The molecule has 2 N–H and O–H groups in total. The molecule has 0 saturated carbocycles. The molecule has 0 atom stereocenters. The van der Waals surface area contributed by atoms with Crippen LogP contribution in [0.25, 0.3) is 0 Å². The van der Waals surface area contributed by atoms with Crippen LogP contribution in [0.2, 0.25) is 0 Å². The number of hydrogen-bond acceptors (Lipinski definition) is 2. The Labute approximate surface area is 97.3 Å². The fraction of sp³-hybridized carbons (Fsp3) is 0.462. The lowest BCUT2D eigenvalue weighted by atomic mass is 10.2. The van der Waals surface area contributed by atoms with Crippen LogP contribution in [0, 0.1) is 6.92 Å². The molecule has 0 unspecified atom stereocenters. The Bertz CT molecular complexity index is 348. The highest BCUT2D eigenvalue weighted by atomic mass is 16.5. The summed E-state index contributed by atoms with van der Waals surface area (Å²) in [5, 5.41) is 0. The number of ether oxygens (including phenoxy) is 1. The molecule has 0 aromatic heterocycles. The van der Waals surface area contributed by atoms with Crippen LogP contribution in [-0.2, 0) is 0 Å². The van der Waals surface area contributed by atoms with Crippen molar-refractivity contribution >= 4 is 5.84 Å². The molecular weight excluding hydrogens is 200 g/mol. The van der Waals surface area contributed by atoms with Crippen molar-refractivity contribution in [3.8, 4) is 5.75 Å². The second kappa shape index (κ2) is 6.88. The van der Waals surface area contributed by atoms with Gasteiger partial charge in [-0.2, -0.15) is 0 Å². The van der Waals surface area contributed by atoms with E-state index in [4.69, 9.17) is 10.5 Å². The van der Waals surface area contributed by atoms with E-state index in [1.54, 1.807) is 0 Å². The largest absolute Gasteiger partial charge is 0.492 e. The van der Waals surface area contributed by atoms with Crippen molar-refractivity contribution < 1.29 is 4.74 Å². The van der Waals surface area contributed by atoms with Gasteiger partial charge in [0.15, 0.2) is 0 Å². The van der Waals surface area contributed by atoms with Gasteiger partial charge in [0.05, 0.1) is 12.4 Å². The highest BCUT2D eigenvalue weighted by Crippen LogP contribution is 2.11. The quantitative estimate of drug-likeness (QED) is 0.455. The van der Waals surface area contributed by atoms with E-state index in [0.29, 0.717) is 13.2 Å². The first-order valence-electron chi connectivity index (χ1n) is 5.70. The fourth-order valence-corrected chi connectivity index (χ4v) is 1.39. The zero-order chi connectivity index (χ0) is 11.8. The minimum absolute atomic E-state index is 0.577. The number of aliphatic imine (C=N–C) groups is 1. The number of nitrogens with zero attached hydrogens (tertiary/aromatic N) is 1. The van der Waals surface area contributed by atoms with E-state index in [-0.39, 0.29) is 0 Å². The molecule has 0 amide bonds. The van der Waals surface area contributed by atoms with Crippen LogP contribution in [-0.4, -0.2) is 19.0 Å². The Morgan fingerprint density at radius 1 is 1.44 bits per heavy atom. The molecule has 0 aliphatic rings. The molecule has 3 nitrogen and oxygen atoms in total. The Morgan fingerprint density at radius 2 is 2.25 bits per heavy atom. The van der Waals surface area contributed by atoms with E-state index in [2.05, 4.69) is 11.9 Å². The minimum atomic E-state index is 0.577. The van der Waals surface area contributed by atoms with Gasteiger partial charge in [-0.25, -0.2) is 0 Å². The first-order chi connectivity index (χ1) is 7.72. The van der Waals surface area contributed by atoms with E-state index in [0.717, 1.165) is 24.4 Å². The lowest BCUT2D eigenvalue weighted by Crippen LogP contribution is -2.13. The molecule has 0 radical (unpaired) electrons. The van der Waals surface area contributed by atoms with Crippen LogP contribution in [0.15, 0.2) is 29.3 Å². The summed E-state index contributed by atoms with van der Waals surface area (Å²) in [4.78, 5) is 4.22. The van der Waals surface area contributed by atoms with Gasteiger partial charge < -0.3 is 10.5 Å². The smallest absolute Gasteiger partial charge is 0.119 e. The summed E-state index contributed by atoms with van der Waals surface area (Å²) in [7, 11) is 0. The van der Waals surface area contributed by atoms with Crippen LogP contribution in [0.3, 0.4) is 0 Å². The second-order valence-electron chi connectivity index (χ2n) is 3.79. The third-order valence-electron chi connectivity index (χ3n) is 2.17. The summed E-state index contributed by atoms with van der Waals surface area (Å²) in [6, 6.07) is 7.99. The molecule has 0 heterocycles. The molecule has 0 bridgehead atoms. The van der Waals surface area contributed by atoms with Crippen LogP contribution in [0.4, 0.5) is 0 Å². The van der Waals surface area contributed by atoms with Gasteiger partial charge in [0.1, 0.15) is 12.4 Å². The molecule has 0 saturated heterocycles. The molecule has 0 spiro atoms. The number of hydrogen-bond donors (Lipinski definition) is 1. The summed E-state index contributed by atoms with van der Waals surface area (Å²) >= 11 is 0. The first-order valence-corrected chi connectivity index (χ1v) is 5.70.